The second kappa shape index (κ2) is 12.0. The van der Waals surface area contributed by atoms with Crippen molar-refractivity contribution in [3.8, 4) is 0 Å². The van der Waals surface area contributed by atoms with Gasteiger partial charge in [-0.1, -0.05) is 46.8 Å². The fraction of sp³-hybridized carbons (Fsp3) is 0.944. The molecule has 5 rings (SSSR count). The van der Waals surface area contributed by atoms with Gasteiger partial charge in [-0.3, -0.25) is 0 Å². The molecule has 1 saturated heterocycles. The first-order valence-corrected chi connectivity index (χ1v) is 17.5. The molecule has 0 spiro atoms. The molecule has 266 valence electrons. The van der Waals surface area contributed by atoms with Crippen LogP contribution in [-0.2, 0) is 9.47 Å². The van der Waals surface area contributed by atoms with Crippen LogP contribution in [0, 0.1) is 45.3 Å². The lowest BCUT2D eigenvalue weighted by atomic mass is 9.34. The van der Waals surface area contributed by atoms with Crippen molar-refractivity contribution < 1.29 is 50.3 Å². The van der Waals surface area contributed by atoms with E-state index in [2.05, 4.69) is 20.8 Å². The van der Waals surface area contributed by atoms with E-state index in [1.807, 2.05) is 26.8 Å². The lowest BCUT2D eigenvalue weighted by Crippen LogP contribution is -2.73. The van der Waals surface area contributed by atoms with Crippen LogP contribution in [-0.4, -0.2) is 108 Å². The van der Waals surface area contributed by atoms with Crippen LogP contribution in [0.1, 0.15) is 100 Å². The minimum absolute atomic E-state index is 0.0428. The molecule has 46 heavy (non-hydrogen) atoms. The first-order chi connectivity index (χ1) is 21.1. The molecular formula is C36H62O10. The van der Waals surface area contributed by atoms with Gasteiger partial charge in [0.1, 0.15) is 30.5 Å². The normalized spacial score (nSPS) is 52.1. The average molecular weight is 655 g/mol. The van der Waals surface area contributed by atoms with Crippen molar-refractivity contribution in [1.29, 1.82) is 0 Å². The largest absolute Gasteiger partial charge is 0.394 e. The summed E-state index contributed by atoms with van der Waals surface area (Å²) in [6.07, 6.45) is -1.11. The number of ether oxygens (including phenoxy) is 2. The van der Waals surface area contributed by atoms with Crippen molar-refractivity contribution in [2.45, 2.75) is 161 Å². The van der Waals surface area contributed by atoms with Gasteiger partial charge in [0.05, 0.1) is 30.0 Å². The van der Waals surface area contributed by atoms with E-state index in [1.165, 1.54) is 0 Å². The van der Waals surface area contributed by atoms with Gasteiger partial charge < -0.3 is 50.3 Å². The number of fused-ring (bicyclic) bond motifs is 5. The molecule has 0 bridgehead atoms. The molecule has 4 saturated carbocycles. The van der Waals surface area contributed by atoms with E-state index in [0.717, 1.165) is 38.5 Å². The van der Waals surface area contributed by atoms with Gasteiger partial charge in [0.15, 0.2) is 6.29 Å². The highest BCUT2D eigenvalue weighted by Gasteiger charge is 2.73. The van der Waals surface area contributed by atoms with Crippen LogP contribution < -0.4 is 0 Å². The molecule has 0 radical (unpaired) electrons. The van der Waals surface area contributed by atoms with Crippen molar-refractivity contribution in [2.75, 3.05) is 6.61 Å². The Labute approximate surface area is 274 Å². The Morgan fingerprint density at radius 3 is 2.02 bits per heavy atom. The second-order valence-corrected chi connectivity index (χ2v) is 17.8. The summed E-state index contributed by atoms with van der Waals surface area (Å²) in [5.74, 6) is 0.483. The van der Waals surface area contributed by atoms with Gasteiger partial charge in [0, 0.05) is 5.41 Å². The number of hydrogen-bond donors (Lipinski definition) is 8. The van der Waals surface area contributed by atoms with E-state index in [-0.39, 0.29) is 28.6 Å². The summed E-state index contributed by atoms with van der Waals surface area (Å²) in [7, 11) is 0. The predicted octanol–water partition coefficient (Wildman–Crippen LogP) is 2.27. The van der Waals surface area contributed by atoms with Crippen LogP contribution in [0.5, 0.6) is 0 Å². The number of rotatable bonds is 7. The maximum atomic E-state index is 12.1. The predicted molar refractivity (Wildman–Crippen MR) is 171 cm³/mol. The highest BCUT2D eigenvalue weighted by molar-refractivity contribution is 5.21. The Kier molecular flexibility index (Phi) is 9.55. The maximum Gasteiger partial charge on any atom is 0.187 e. The first kappa shape index (κ1) is 36.6. The number of hydrogen-bond acceptors (Lipinski definition) is 10. The lowest BCUT2D eigenvalue weighted by Gasteiger charge is -2.71. The van der Waals surface area contributed by atoms with Crippen LogP contribution in [0.15, 0.2) is 12.2 Å². The molecule has 0 aromatic carbocycles. The smallest absolute Gasteiger partial charge is 0.187 e. The zero-order valence-electron chi connectivity index (χ0n) is 29.1. The molecule has 10 nitrogen and oxygen atoms in total. The lowest BCUT2D eigenvalue weighted by molar-refractivity contribution is -0.355. The van der Waals surface area contributed by atoms with Crippen molar-refractivity contribution in [3.05, 3.63) is 12.2 Å². The summed E-state index contributed by atoms with van der Waals surface area (Å²) in [5, 5.41) is 86.9. The Morgan fingerprint density at radius 1 is 0.783 bits per heavy atom. The summed E-state index contributed by atoms with van der Waals surface area (Å²) in [4.78, 5) is 0. The Balaban J connectivity index is 1.41. The Hall–Kier alpha value is -0.660. The van der Waals surface area contributed by atoms with E-state index >= 15 is 0 Å². The summed E-state index contributed by atoms with van der Waals surface area (Å²) >= 11 is 0. The molecule has 8 N–H and O–H groups in total. The van der Waals surface area contributed by atoms with Crippen LogP contribution in [0.2, 0.25) is 0 Å². The Bertz CT molecular complexity index is 1130. The zero-order valence-corrected chi connectivity index (χ0v) is 29.1. The highest BCUT2D eigenvalue weighted by atomic mass is 16.7. The van der Waals surface area contributed by atoms with Crippen molar-refractivity contribution in [1.82, 2.24) is 0 Å². The molecule has 5 fully saturated rings. The van der Waals surface area contributed by atoms with E-state index in [1.54, 1.807) is 19.9 Å². The van der Waals surface area contributed by atoms with E-state index in [4.69, 9.17) is 9.47 Å². The van der Waals surface area contributed by atoms with Gasteiger partial charge in [-0.15, -0.1) is 0 Å². The van der Waals surface area contributed by atoms with Crippen LogP contribution in [0.4, 0.5) is 0 Å². The standard InChI is InChI=1S/C36H62O10/c1-31(2,43)14-9-15-35(7,44)20-12-16-33(5)19(20)10-11-23-34(33,6)17-13-22-32(3,4)29(27(41)28(42)36(22,23)8)46-30-26(40)25(39)24(38)21(18-37)45-30/h9,14,19-30,37-44H,10-13,15-18H2,1-8H3. The van der Waals surface area contributed by atoms with Crippen molar-refractivity contribution >= 4 is 0 Å². The molecule has 1 aliphatic heterocycles. The fourth-order valence-electron chi connectivity index (χ4n) is 11.9. The van der Waals surface area contributed by atoms with Crippen LogP contribution in [0.3, 0.4) is 0 Å². The molecule has 0 amide bonds. The monoisotopic (exact) mass is 654 g/mol. The molecule has 10 heteroatoms. The minimum atomic E-state index is -1.60. The third kappa shape index (κ3) is 5.46. The minimum Gasteiger partial charge on any atom is -0.394 e. The maximum absolute atomic E-state index is 12.1. The quantitative estimate of drug-likeness (QED) is 0.150. The van der Waals surface area contributed by atoms with Crippen molar-refractivity contribution in [2.24, 2.45) is 45.3 Å². The van der Waals surface area contributed by atoms with Crippen molar-refractivity contribution in [3.63, 3.8) is 0 Å². The average Bonchev–Trinajstić information content (AvgIpc) is 3.32. The molecule has 16 atom stereocenters. The second-order valence-electron chi connectivity index (χ2n) is 17.8. The first-order valence-electron chi connectivity index (χ1n) is 17.5. The summed E-state index contributed by atoms with van der Waals surface area (Å²) in [5.41, 5.74) is -3.37. The van der Waals surface area contributed by atoms with Gasteiger partial charge in [0.25, 0.3) is 0 Å². The van der Waals surface area contributed by atoms with Gasteiger partial charge in [-0.25, -0.2) is 0 Å². The Morgan fingerprint density at radius 2 is 1.41 bits per heavy atom. The van der Waals surface area contributed by atoms with Gasteiger partial charge >= 0.3 is 0 Å². The van der Waals surface area contributed by atoms with E-state index in [9.17, 15) is 40.9 Å². The van der Waals surface area contributed by atoms with E-state index < -0.39 is 77.7 Å². The van der Waals surface area contributed by atoms with E-state index in [0.29, 0.717) is 12.3 Å². The number of aliphatic hydroxyl groups is 8. The van der Waals surface area contributed by atoms with Gasteiger partial charge in [0.2, 0.25) is 0 Å². The summed E-state index contributed by atoms with van der Waals surface area (Å²) in [6, 6.07) is 0. The highest BCUT2D eigenvalue weighted by Crippen LogP contribution is 2.76. The number of aliphatic hydroxyl groups excluding tert-OH is 6. The molecule has 5 aliphatic rings. The molecule has 16 unspecified atom stereocenters. The zero-order chi connectivity index (χ0) is 34.4. The molecule has 0 aromatic heterocycles. The topological polar surface area (TPSA) is 180 Å². The summed E-state index contributed by atoms with van der Waals surface area (Å²) < 4.78 is 11.9. The molecule has 0 aromatic rings. The third-order valence-corrected chi connectivity index (χ3v) is 14.5. The van der Waals surface area contributed by atoms with Gasteiger partial charge in [-0.05, 0) is 106 Å². The molecule has 4 aliphatic carbocycles. The third-order valence-electron chi connectivity index (χ3n) is 14.5. The van der Waals surface area contributed by atoms with Gasteiger partial charge in [-0.2, -0.15) is 0 Å². The molecule has 1 heterocycles. The SMILES string of the molecule is CC(C)(O)C=CCC(C)(O)C1CCC2(C)C1CCC1C3(C)C(O)C(O)C(OC4OC(CO)C(O)C(O)C4O)C(C)(C)C3CCC12C. The fourth-order valence-corrected chi connectivity index (χ4v) is 11.9. The summed E-state index contributed by atoms with van der Waals surface area (Å²) in [6.45, 7) is 15.8. The van der Waals surface area contributed by atoms with Crippen LogP contribution >= 0.6 is 0 Å². The molecular weight excluding hydrogens is 592 g/mol. The van der Waals surface area contributed by atoms with Crippen LogP contribution in [0.25, 0.3) is 0 Å².